The topological polar surface area (TPSA) is 66.4 Å². The van der Waals surface area contributed by atoms with E-state index in [-0.39, 0.29) is 11.8 Å². The van der Waals surface area contributed by atoms with Gasteiger partial charge in [0.25, 0.3) is 5.91 Å². The number of rotatable bonds is 4. The largest absolute Gasteiger partial charge is 0.480 e. The number of aryl methyl sites for hydroxylation is 2. The Morgan fingerprint density at radius 2 is 2.05 bits per heavy atom. The van der Waals surface area contributed by atoms with E-state index in [0.717, 1.165) is 25.7 Å². The second-order valence-corrected chi connectivity index (χ2v) is 6.53. The SMILES string of the molecule is O=C(NC(C(=O)O)C1CC1)c1cc2c(s1)CCCC2. The molecule has 0 spiro atoms. The Balaban J connectivity index is 1.72. The van der Waals surface area contributed by atoms with Crippen molar-refractivity contribution in [3.8, 4) is 0 Å². The summed E-state index contributed by atoms with van der Waals surface area (Å²) in [5, 5.41) is 11.8. The number of amides is 1. The minimum Gasteiger partial charge on any atom is -0.480 e. The quantitative estimate of drug-likeness (QED) is 0.888. The molecule has 0 aromatic carbocycles. The summed E-state index contributed by atoms with van der Waals surface area (Å²) < 4.78 is 0. The number of hydrogen-bond acceptors (Lipinski definition) is 3. The number of thiophene rings is 1. The normalized spacial score (nSPS) is 19.6. The number of carbonyl (C=O) groups excluding carboxylic acids is 1. The maximum Gasteiger partial charge on any atom is 0.326 e. The van der Waals surface area contributed by atoms with Gasteiger partial charge in [-0.2, -0.15) is 0 Å². The van der Waals surface area contributed by atoms with E-state index < -0.39 is 12.0 Å². The molecule has 1 unspecified atom stereocenters. The van der Waals surface area contributed by atoms with Gasteiger partial charge in [-0.05, 0) is 56.1 Å². The maximum absolute atomic E-state index is 12.1. The first-order valence-electron chi connectivity index (χ1n) is 6.80. The zero-order chi connectivity index (χ0) is 13.4. The molecule has 1 heterocycles. The predicted molar refractivity (Wildman–Crippen MR) is 72.6 cm³/mol. The van der Waals surface area contributed by atoms with Crippen molar-refractivity contribution in [3.05, 3.63) is 21.4 Å². The number of carboxylic acids is 1. The molecule has 2 aliphatic rings. The molecule has 4 nitrogen and oxygen atoms in total. The highest BCUT2D eigenvalue weighted by atomic mass is 32.1. The number of fused-ring (bicyclic) bond motifs is 1. The molecule has 5 heteroatoms. The summed E-state index contributed by atoms with van der Waals surface area (Å²) in [6.07, 6.45) is 6.28. The summed E-state index contributed by atoms with van der Waals surface area (Å²) in [5.41, 5.74) is 1.28. The summed E-state index contributed by atoms with van der Waals surface area (Å²) >= 11 is 1.52. The van der Waals surface area contributed by atoms with Crippen molar-refractivity contribution in [2.24, 2.45) is 5.92 Å². The lowest BCUT2D eigenvalue weighted by atomic mass is 9.99. The number of carbonyl (C=O) groups is 2. The van der Waals surface area contributed by atoms with E-state index in [1.807, 2.05) is 6.07 Å². The third kappa shape index (κ3) is 2.66. The molecule has 0 saturated heterocycles. The first kappa shape index (κ1) is 12.7. The zero-order valence-corrected chi connectivity index (χ0v) is 11.5. The fourth-order valence-corrected chi connectivity index (χ4v) is 3.78. The summed E-state index contributed by atoms with van der Waals surface area (Å²) in [7, 11) is 0. The highest BCUT2D eigenvalue weighted by Gasteiger charge is 2.37. The van der Waals surface area contributed by atoms with Crippen LogP contribution in [-0.4, -0.2) is 23.0 Å². The van der Waals surface area contributed by atoms with E-state index in [1.54, 1.807) is 0 Å². The maximum atomic E-state index is 12.1. The van der Waals surface area contributed by atoms with Crippen LogP contribution in [0.1, 0.15) is 45.8 Å². The van der Waals surface area contributed by atoms with E-state index in [0.29, 0.717) is 4.88 Å². The molecule has 0 radical (unpaired) electrons. The van der Waals surface area contributed by atoms with E-state index in [2.05, 4.69) is 5.32 Å². The van der Waals surface area contributed by atoms with Gasteiger partial charge >= 0.3 is 5.97 Å². The third-order valence-electron chi connectivity index (χ3n) is 3.87. The van der Waals surface area contributed by atoms with Gasteiger partial charge in [0.1, 0.15) is 6.04 Å². The molecular formula is C14H17NO3S. The Kier molecular flexibility index (Phi) is 3.31. The lowest BCUT2D eigenvalue weighted by molar-refractivity contribution is -0.139. The van der Waals surface area contributed by atoms with Crippen molar-refractivity contribution in [2.75, 3.05) is 0 Å². The fraction of sp³-hybridized carbons (Fsp3) is 0.571. The van der Waals surface area contributed by atoms with Gasteiger partial charge in [-0.1, -0.05) is 0 Å². The van der Waals surface area contributed by atoms with Crippen molar-refractivity contribution in [1.82, 2.24) is 5.32 Å². The van der Waals surface area contributed by atoms with Gasteiger partial charge in [0.15, 0.2) is 0 Å². The zero-order valence-electron chi connectivity index (χ0n) is 10.6. The summed E-state index contributed by atoms with van der Waals surface area (Å²) in [4.78, 5) is 25.2. The molecule has 2 N–H and O–H groups in total. The Morgan fingerprint density at radius 3 is 2.68 bits per heavy atom. The van der Waals surface area contributed by atoms with Crippen LogP contribution in [0.5, 0.6) is 0 Å². The highest BCUT2D eigenvalue weighted by Crippen LogP contribution is 2.34. The van der Waals surface area contributed by atoms with Crippen LogP contribution in [0.3, 0.4) is 0 Å². The smallest absolute Gasteiger partial charge is 0.326 e. The van der Waals surface area contributed by atoms with Crippen molar-refractivity contribution in [2.45, 2.75) is 44.6 Å². The molecule has 1 aromatic heterocycles. The Hall–Kier alpha value is -1.36. The van der Waals surface area contributed by atoms with Crippen LogP contribution in [-0.2, 0) is 17.6 Å². The van der Waals surface area contributed by atoms with Crippen LogP contribution >= 0.6 is 11.3 Å². The lowest BCUT2D eigenvalue weighted by Gasteiger charge is -2.12. The number of nitrogens with one attached hydrogen (secondary N) is 1. The van der Waals surface area contributed by atoms with Gasteiger partial charge in [0.2, 0.25) is 0 Å². The fourth-order valence-electron chi connectivity index (χ4n) is 2.63. The second kappa shape index (κ2) is 4.96. The van der Waals surface area contributed by atoms with Gasteiger partial charge in [0, 0.05) is 4.88 Å². The average Bonchev–Trinajstić information content (AvgIpc) is 3.12. The highest BCUT2D eigenvalue weighted by molar-refractivity contribution is 7.14. The van der Waals surface area contributed by atoms with Crippen molar-refractivity contribution < 1.29 is 14.7 Å². The van der Waals surface area contributed by atoms with E-state index in [1.165, 1.54) is 34.6 Å². The molecule has 1 aromatic rings. The molecule has 0 bridgehead atoms. The summed E-state index contributed by atoms with van der Waals surface area (Å²) in [6.45, 7) is 0. The number of hydrogen-bond donors (Lipinski definition) is 2. The first-order valence-corrected chi connectivity index (χ1v) is 7.62. The van der Waals surface area contributed by atoms with E-state index in [9.17, 15) is 9.59 Å². The molecule has 1 amide bonds. The number of carboxylic acid groups (broad SMARTS) is 1. The molecule has 102 valence electrons. The summed E-state index contributed by atoms with van der Waals surface area (Å²) in [5.74, 6) is -1.02. The van der Waals surface area contributed by atoms with Crippen LogP contribution < -0.4 is 5.32 Å². The molecular weight excluding hydrogens is 262 g/mol. The van der Waals surface area contributed by atoms with Crippen LogP contribution in [0.15, 0.2) is 6.07 Å². The minimum absolute atomic E-state index is 0.121. The standard InChI is InChI=1S/C14H17NO3S/c16-13(15-12(14(17)18)8-5-6-8)11-7-9-3-1-2-4-10(9)19-11/h7-8,12H,1-6H2,(H,15,16)(H,17,18). The molecule has 19 heavy (non-hydrogen) atoms. The molecule has 2 aliphatic carbocycles. The molecule has 1 atom stereocenters. The lowest BCUT2D eigenvalue weighted by Crippen LogP contribution is -2.42. The Bertz CT molecular complexity index is 495. The second-order valence-electron chi connectivity index (χ2n) is 5.39. The first-order chi connectivity index (χ1) is 9.15. The van der Waals surface area contributed by atoms with Gasteiger partial charge in [-0.25, -0.2) is 4.79 Å². The molecule has 1 fully saturated rings. The Labute approximate surface area is 115 Å². The van der Waals surface area contributed by atoms with Gasteiger partial charge in [-0.3, -0.25) is 4.79 Å². The van der Waals surface area contributed by atoms with Crippen LogP contribution in [0.2, 0.25) is 0 Å². The monoisotopic (exact) mass is 279 g/mol. The molecule has 1 saturated carbocycles. The van der Waals surface area contributed by atoms with Crippen LogP contribution in [0, 0.1) is 5.92 Å². The van der Waals surface area contributed by atoms with Gasteiger partial charge < -0.3 is 10.4 Å². The molecule has 0 aliphatic heterocycles. The minimum atomic E-state index is -0.919. The van der Waals surface area contributed by atoms with Crippen molar-refractivity contribution in [3.63, 3.8) is 0 Å². The van der Waals surface area contributed by atoms with Crippen LogP contribution in [0.4, 0.5) is 0 Å². The predicted octanol–water partition coefficient (Wildman–Crippen LogP) is 2.22. The van der Waals surface area contributed by atoms with Gasteiger partial charge in [0.05, 0.1) is 4.88 Å². The van der Waals surface area contributed by atoms with E-state index >= 15 is 0 Å². The van der Waals surface area contributed by atoms with Crippen molar-refractivity contribution >= 4 is 23.2 Å². The van der Waals surface area contributed by atoms with E-state index in [4.69, 9.17) is 5.11 Å². The molecule has 3 rings (SSSR count). The average molecular weight is 279 g/mol. The van der Waals surface area contributed by atoms with Gasteiger partial charge in [-0.15, -0.1) is 11.3 Å². The van der Waals surface area contributed by atoms with Crippen molar-refractivity contribution in [1.29, 1.82) is 0 Å². The third-order valence-corrected chi connectivity index (χ3v) is 5.10. The Morgan fingerprint density at radius 1 is 1.32 bits per heavy atom. The summed E-state index contributed by atoms with van der Waals surface area (Å²) in [6, 6.07) is 1.23. The van der Waals surface area contributed by atoms with Crippen LogP contribution in [0.25, 0.3) is 0 Å². The number of aliphatic carboxylic acids is 1.